The number of rotatable bonds is 3. The van der Waals surface area contributed by atoms with Crippen LogP contribution in [0.2, 0.25) is 5.02 Å². The Bertz CT molecular complexity index is 758. The summed E-state index contributed by atoms with van der Waals surface area (Å²) in [4.78, 5) is 19.7. The van der Waals surface area contributed by atoms with Crippen LogP contribution in [0.5, 0.6) is 0 Å². The quantitative estimate of drug-likeness (QED) is 0.742. The summed E-state index contributed by atoms with van der Waals surface area (Å²) in [6.07, 6.45) is 5.44. The van der Waals surface area contributed by atoms with Crippen LogP contribution >= 0.6 is 11.6 Å². The minimum absolute atomic E-state index is 0.105. The predicted molar refractivity (Wildman–Crippen MR) is 72.6 cm³/mol. The number of nitrogens with one attached hydrogen (secondary N) is 1. The number of carbonyl (C=O) groups excluding carboxylic acids is 1. The van der Waals surface area contributed by atoms with E-state index < -0.39 is 0 Å². The topological polar surface area (TPSA) is 58.9 Å². The van der Waals surface area contributed by atoms with E-state index in [1.165, 1.54) is 6.26 Å². The number of carbonyl (C=O) groups is 1. The average molecular weight is 275 g/mol. The van der Waals surface area contributed by atoms with Crippen LogP contribution in [0, 0.1) is 0 Å². The number of hydrogen-bond donors (Lipinski definition) is 1. The fourth-order valence-corrected chi connectivity index (χ4v) is 2.41. The van der Waals surface area contributed by atoms with Crippen molar-refractivity contribution >= 4 is 28.4 Å². The zero-order chi connectivity index (χ0) is 13.4. The summed E-state index contributed by atoms with van der Waals surface area (Å²) in [5.74, 6) is 0.575. The van der Waals surface area contributed by atoms with Gasteiger partial charge in [-0.05, 0) is 12.1 Å². The molecule has 0 radical (unpaired) electrons. The molecule has 3 heterocycles. The Labute approximate surface area is 114 Å². The van der Waals surface area contributed by atoms with E-state index >= 15 is 0 Å². The van der Waals surface area contributed by atoms with Crippen molar-refractivity contribution in [2.75, 3.05) is 0 Å². The molecule has 0 aromatic carbocycles. The highest BCUT2D eigenvalue weighted by atomic mass is 35.5. The van der Waals surface area contributed by atoms with E-state index in [1.807, 2.05) is 6.92 Å². The maximum atomic E-state index is 12.5. The number of halogens is 1. The zero-order valence-corrected chi connectivity index (χ0v) is 11.0. The van der Waals surface area contributed by atoms with E-state index in [-0.39, 0.29) is 5.78 Å². The maximum Gasteiger partial charge on any atom is 0.198 e. The standard InChI is InChI=1S/C14H11ClN2O2/c1-2-11-8(4-6-19-11)13(18)9-7-17-14-12(9)10(15)3-5-16-14/h3-7H,2H2,1H3,(H,16,17). The molecule has 19 heavy (non-hydrogen) atoms. The number of aromatic amines is 1. The third-order valence-corrected chi connectivity index (χ3v) is 3.39. The molecule has 1 N–H and O–H groups in total. The van der Waals surface area contributed by atoms with Gasteiger partial charge in [-0.15, -0.1) is 0 Å². The van der Waals surface area contributed by atoms with Crippen LogP contribution in [-0.2, 0) is 6.42 Å². The highest BCUT2D eigenvalue weighted by Crippen LogP contribution is 2.27. The Morgan fingerprint density at radius 1 is 1.42 bits per heavy atom. The van der Waals surface area contributed by atoms with E-state index in [0.717, 1.165) is 0 Å². The van der Waals surface area contributed by atoms with Gasteiger partial charge in [0.05, 0.1) is 22.4 Å². The minimum atomic E-state index is -0.105. The Hall–Kier alpha value is -2.07. The summed E-state index contributed by atoms with van der Waals surface area (Å²) in [5, 5.41) is 1.16. The van der Waals surface area contributed by atoms with Crippen molar-refractivity contribution in [3.8, 4) is 0 Å². The molecule has 0 amide bonds. The highest BCUT2D eigenvalue weighted by molar-refractivity contribution is 6.37. The van der Waals surface area contributed by atoms with Crippen molar-refractivity contribution < 1.29 is 9.21 Å². The van der Waals surface area contributed by atoms with Crippen molar-refractivity contribution in [2.45, 2.75) is 13.3 Å². The Balaban J connectivity index is 2.17. The van der Waals surface area contributed by atoms with Gasteiger partial charge < -0.3 is 9.40 Å². The lowest BCUT2D eigenvalue weighted by molar-refractivity contribution is 0.103. The van der Waals surface area contributed by atoms with Gasteiger partial charge in [0.15, 0.2) is 5.78 Å². The highest BCUT2D eigenvalue weighted by Gasteiger charge is 2.20. The summed E-state index contributed by atoms with van der Waals surface area (Å²) in [7, 11) is 0. The lowest BCUT2D eigenvalue weighted by Gasteiger charge is -2.00. The molecule has 0 atom stereocenters. The van der Waals surface area contributed by atoms with E-state index in [4.69, 9.17) is 16.0 Å². The summed E-state index contributed by atoms with van der Waals surface area (Å²) in [6, 6.07) is 3.36. The second-order valence-corrected chi connectivity index (χ2v) is 4.57. The lowest BCUT2D eigenvalue weighted by atomic mass is 10.0. The number of hydrogen-bond acceptors (Lipinski definition) is 3. The molecule has 0 saturated carbocycles. The largest absolute Gasteiger partial charge is 0.469 e. The van der Waals surface area contributed by atoms with Crippen molar-refractivity contribution in [3.05, 3.63) is 52.7 Å². The van der Waals surface area contributed by atoms with Gasteiger partial charge in [-0.1, -0.05) is 18.5 Å². The molecule has 0 aliphatic carbocycles. The molecular formula is C14H11ClN2O2. The third kappa shape index (κ3) is 1.85. The zero-order valence-electron chi connectivity index (χ0n) is 10.2. The SMILES string of the molecule is CCc1occc1C(=O)c1c[nH]c2nccc(Cl)c12. The maximum absolute atomic E-state index is 12.5. The smallest absolute Gasteiger partial charge is 0.198 e. The van der Waals surface area contributed by atoms with Crippen LogP contribution in [-0.4, -0.2) is 15.8 Å². The van der Waals surface area contributed by atoms with Gasteiger partial charge in [0.2, 0.25) is 0 Å². The Kier molecular flexibility index (Phi) is 2.87. The summed E-state index contributed by atoms with van der Waals surface area (Å²) in [5.41, 5.74) is 1.70. The van der Waals surface area contributed by atoms with Gasteiger partial charge in [-0.2, -0.15) is 0 Å². The van der Waals surface area contributed by atoms with Crippen molar-refractivity contribution in [1.82, 2.24) is 9.97 Å². The number of nitrogens with zero attached hydrogens (tertiary/aromatic N) is 1. The molecule has 0 spiro atoms. The van der Waals surface area contributed by atoms with Gasteiger partial charge in [0.25, 0.3) is 0 Å². The number of aromatic nitrogens is 2. The van der Waals surface area contributed by atoms with Crippen LogP contribution in [0.15, 0.2) is 35.2 Å². The molecular weight excluding hydrogens is 264 g/mol. The van der Waals surface area contributed by atoms with E-state index in [2.05, 4.69) is 9.97 Å². The van der Waals surface area contributed by atoms with Crippen molar-refractivity contribution in [1.29, 1.82) is 0 Å². The van der Waals surface area contributed by atoms with Gasteiger partial charge in [-0.3, -0.25) is 4.79 Å². The first-order valence-electron chi connectivity index (χ1n) is 5.95. The summed E-state index contributed by atoms with van der Waals surface area (Å²) in [6.45, 7) is 1.94. The van der Waals surface area contributed by atoms with Gasteiger partial charge in [-0.25, -0.2) is 4.98 Å². The second kappa shape index (κ2) is 4.55. The molecule has 0 unspecified atom stereocenters. The average Bonchev–Trinajstić information content (AvgIpc) is 3.05. The number of aryl methyl sites for hydroxylation is 1. The number of furan rings is 1. The third-order valence-electron chi connectivity index (χ3n) is 3.08. The second-order valence-electron chi connectivity index (χ2n) is 4.16. The van der Waals surface area contributed by atoms with Gasteiger partial charge >= 0.3 is 0 Å². The fourth-order valence-electron chi connectivity index (χ4n) is 2.16. The number of pyridine rings is 1. The Morgan fingerprint density at radius 2 is 2.26 bits per heavy atom. The molecule has 0 saturated heterocycles. The molecule has 3 aromatic rings. The molecule has 0 aliphatic heterocycles. The van der Waals surface area contributed by atoms with Gasteiger partial charge in [0, 0.05) is 24.2 Å². The molecule has 0 aliphatic rings. The summed E-state index contributed by atoms with van der Waals surface area (Å²) < 4.78 is 5.30. The van der Waals surface area contributed by atoms with Crippen molar-refractivity contribution in [2.24, 2.45) is 0 Å². The van der Waals surface area contributed by atoms with Crippen LogP contribution in [0.3, 0.4) is 0 Å². The number of H-pyrrole nitrogens is 1. The number of fused-ring (bicyclic) bond motifs is 1. The normalized spacial score (nSPS) is 11.1. The molecule has 96 valence electrons. The first-order valence-corrected chi connectivity index (χ1v) is 6.32. The lowest BCUT2D eigenvalue weighted by Crippen LogP contribution is -2.02. The first kappa shape index (κ1) is 12.0. The number of ketones is 1. The van der Waals surface area contributed by atoms with Gasteiger partial charge in [0.1, 0.15) is 11.4 Å². The van der Waals surface area contributed by atoms with Crippen LogP contribution in [0.1, 0.15) is 28.6 Å². The van der Waals surface area contributed by atoms with E-state index in [9.17, 15) is 4.79 Å². The molecule has 0 fully saturated rings. The minimum Gasteiger partial charge on any atom is -0.469 e. The first-order chi connectivity index (χ1) is 9.22. The molecule has 3 aromatic heterocycles. The monoisotopic (exact) mass is 274 g/mol. The van der Waals surface area contributed by atoms with Crippen molar-refractivity contribution in [3.63, 3.8) is 0 Å². The van der Waals surface area contributed by atoms with Crippen LogP contribution < -0.4 is 0 Å². The molecule has 0 bridgehead atoms. The Morgan fingerprint density at radius 3 is 3.05 bits per heavy atom. The molecule has 5 heteroatoms. The predicted octanol–water partition coefficient (Wildman–Crippen LogP) is 3.60. The fraction of sp³-hybridized carbons (Fsp3) is 0.143. The molecule has 3 rings (SSSR count). The van der Waals surface area contributed by atoms with E-state index in [1.54, 1.807) is 24.5 Å². The molecule has 4 nitrogen and oxygen atoms in total. The summed E-state index contributed by atoms with van der Waals surface area (Å²) >= 11 is 6.15. The van der Waals surface area contributed by atoms with Crippen LogP contribution in [0.25, 0.3) is 11.0 Å². The van der Waals surface area contributed by atoms with E-state index in [0.29, 0.717) is 39.4 Å². The van der Waals surface area contributed by atoms with Crippen LogP contribution in [0.4, 0.5) is 0 Å².